The Morgan fingerprint density at radius 3 is 2.60 bits per heavy atom. The van der Waals surface area contributed by atoms with Crippen molar-refractivity contribution in [2.24, 2.45) is 0 Å². The lowest BCUT2D eigenvalue weighted by Gasteiger charge is -2.27. The SMILES string of the molecule is O=[S@@](CCSc1nnc(N2CCOCC2)n1-c1ccccc1)c1cc(Cl)ccc1Cl. The first-order valence-electron chi connectivity index (χ1n) is 9.43. The third-order valence-electron chi connectivity index (χ3n) is 4.56. The highest BCUT2D eigenvalue weighted by molar-refractivity contribution is 8.00. The second-order valence-corrected chi connectivity index (χ2v) is 9.97. The first-order valence-corrected chi connectivity index (χ1v) is 12.5. The summed E-state index contributed by atoms with van der Waals surface area (Å²) in [6, 6.07) is 15.0. The van der Waals surface area contributed by atoms with Crippen LogP contribution < -0.4 is 4.90 Å². The molecule has 10 heteroatoms. The van der Waals surface area contributed by atoms with Gasteiger partial charge < -0.3 is 9.64 Å². The maximum atomic E-state index is 12.7. The fraction of sp³-hybridized carbons (Fsp3) is 0.300. The molecule has 0 aliphatic carbocycles. The summed E-state index contributed by atoms with van der Waals surface area (Å²) < 4.78 is 20.2. The Labute approximate surface area is 192 Å². The Morgan fingerprint density at radius 1 is 1.07 bits per heavy atom. The molecule has 1 aromatic heterocycles. The van der Waals surface area contributed by atoms with Gasteiger partial charge in [-0.3, -0.25) is 8.78 Å². The molecule has 0 spiro atoms. The molecule has 1 saturated heterocycles. The van der Waals surface area contributed by atoms with Crippen molar-refractivity contribution in [3.63, 3.8) is 0 Å². The quantitative estimate of drug-likeness (QED) is 0.467. The van der Waals surface area contributed by atoms with Crippen molar-refractivity contribution in [2.75, 3.05) is 42.7 Å². The molecule has 0 N–H and O–H groups in total. The van der Waals surface area contributed by atoms with Gasteiger partial charge in [0, 0.05) is 29.6 Å². The third kappa shape index (κ3) is 5.00. The van der Waals surface area contributed by atoms with Gasteiger partial charge in [0.25, 0.3) is 0 Å². The Hall–Kier alpha value is -1.58. The fourth-order valence-electron chi connectivity index (χ4n) is 3.10. The zero-order chi connectivity index (χ0) is 20.9. The van der Waals surface area contributed by atoms with E-state index >= 15 is 0 Å². The lowest BCUT2D eigenvalue weighted by molar-refractivity contribution is 0.122. The predicted octanol–water partition coefficient (Wildman–Crippen LogP) is 4.31. The van der Waals surface area contributed by atoms with Crippen LogP contribution in [0, 0.1) is 0 Å². The topological polar surface area (TPSA) is 60.3 Å². The van der Waals surface area contributed by atoms with Crippen LogP contribution in [0.5, 0.6) is 0 Å². The van der Waals surface area contributed by atoms with Crippen LogP contribution in [0.2, 0.25) is 10.0 Å². The van der Waals surface area contributed by atoms with Crippen molar-refractivity contribution in [3.05, 3.63) is 58.6 Å². The Balaban J connectivity index is 1.52. The summed E-state index contributed by atoms with van der Waals surface area (Å²) in [4.78, 5) is 2.74. The lowest BCUT2D eigenvalue weighted by Crippen LogP contribution is -2.37. The normalized spacial score (nSPS) is 15.3. The van der Waals surface area contributed by atoms with Crippen LogP contribution in [0.15, 0.2) is 58.6 Å². The Bertz CT molecular complexity index is 1030. The van der Waals surface area contributed by atoms with Crippen LogP contribution in [-0.2, 0) is 15.5 Å². The van der Waals surface area contributed by atoms with Crippen LogP contribution in [0.1, 0.15) is 0 Å². The van der Waals surface area contributed by atoms with Crippen LogP contribution in [0.3, 0.4) is 0 Å². The Morgan fingerprint density at radius 2 is 1.83 bits per heavy atom. The van der Waals surface area contributed by atoms with Gasteiger partial charge in [0.15, 0.2) is 5.16 Å². The van der Waals surface area contributed by atoms with Gasteiger partial charge in [0.1, 0.15) is 0 Å². The average Bonchev–Trinajstić information content (AvgIpc) is 3.20. The maximum absolute atomic E-state index is 12.7. The molecule has 1 atom stereocenters. The molecule has 0 radical (unpaired) electrons. The zero-order valence-corrected chi connectivity index (χ0v) is 19.2. The first-order chi connectivity index (χ1) is 14.6. The predicted molar refractivity (Wildman–Crippen MR) is 123 cm³/mol. The smallest absolute Gasteiger partial charge is 0.232 e. The molecular weight excluding hydrogens is 463 g/mol. The van der Waals surface area contributed by atoms with E-state index in [0.29, 0.717) is 39.7 Å². The average molecular weight is 483 g/mol. The number of benzene rings is 2. The number of aromatic nitrogens is 3. The van der Waals surface area contributed by atoms with Gasteiger partial charge in [0.2, 0.25) is 5.95 Å². The van der Waals surface area contributed by atoms with Gasteiger partial charge in [-0.15, -0.1) is 10.2 Å². The highest BCUT2D eigenvalue weighted by atomic mass is 35.5. The van der Waals surface area contributed by atoms with Gasteiger partial charge in [-0.1, -0.05) is 53.2 Å². The van der Waals surface area contributed by atoms with E-state index in [1.54, 1.807) is 18.2 Å². The number of hydrogen-bond donors (Lipinski definition) is 0. The van der Waals surface area contributed by atoms with Gasteiger partial charge in [0.05, 0.1) is 39.6 Å². The highest BCUT2D eigenvalue weighted by Gasteiger charge is 2.22. The van der Waals surface area contributed by atoms with Crippen molar-refractivity contribution < 1.29 is 8.95 Å². The molecule has 2 aromatic carbocycles. The molecule has 0 bridgehead atoms. The second-order valence-electron chi connectivity index (χ2n) is 6.53. The summed E-state index contributed by atoms with van der Waals surface area (Å²) in [5.74, 6) is 1.83. The Kier molecular flexibility index (Phi) is 7.32. The van der Waals surface area contributed by atoms with E-state index < -0.39 is 10.8 Å². The molecular formula is C20H20Cl2N4O2S2. The lowest BCUT2D eigenvalue weighted by atomic mass is 10.3. The molecule has 2 heterocycles. The summed E-state index contributed by atoms with van der Waals surface area (Å²) in [5, 5.41) is 10.6. The van der Waals surface area contributed by atoms with E-state index in [1.807, 2.05) is 34.9 Å². The van der Waals surface area contributed by atoms with Crippen LogP contribution in [0.4, 0.5) is 5.95 Å². The summed E-state index contributed by atoms with van der Waals surface area (Å²) >= 11 is 13.7. The van der Waals surface area contributed by atoms with Crippen molar-refractivity contribution in [1.29, 1.82) is 0 Å². The van der Waals surface area contributed by atoms with Gasteiger partial charge in [-0.05, 0) is 30.3 Å². The molecule has 6 nitrogen and oxygen atoms in total. The minimum absolute atomic E-state index is 0.430. The molecule has 158 valence electrons. The highest BCUT2D eigenvalue weighted by Crippen LogP contribution is 2.28. The maximum Gasteiger partial charge on any atom is 0.232 e. The summed E-state index contributed by atoms with van der Waals surface area (Å²) in [6.07, 6.45) is 0. The number of anilines is 1. The number of thioether (sulfide) groups is 1. The van der Waals surface area contributed by atoms with E-state index in [4.69, 9.17) is 27.9 Å². The van der Waals surface area contributed by atoms with Crippen molar-refractivity contribution >= 4 is 51.7 Å². The summed E-state index contributed by atoms with van der Waals surface area (Å²) in [7, 11) is -1.25. The molecule has 1 aliphatic rings. The van der Waals surface area contributed by atoms with Crippen LogP contribution >= 0.6 is 35.0 Å². The molecule has 3 aromatic rings. The number of para-hydroxylation sites is 1. The molecule has 1 aliphatic heterocycles. The van der Waals surface area contributed by atoms with Gasteiger partial charge in [-0.25, -0.2) is 0 Å². The van der Waals surface area contributed by atoms with E-state index in [9.17, 15) is 4.21 Å². The number of morpholine rings is 1. The van der Waals surface area contributed by atoms with E-state index in [0.717, 1.165) is 29.9 Å². The molecule has 4 rings (SSSR count). The molecule has 0 unspecified atom stereocenters. The number of ether oxygens (including phenoxy) is 1. The monoisotopic (exact) mass is 482 g/mol. The summed E-state index contributed by atoms with van der Waals surface area (Å²) in [5.41, 5.74) is 0.991. The van der Waals surface area contributed by atoms with Crippen molar-refractivity contribution in [2.45, 2.75) is 10.1 Å². The first kappa shape index (κ1) is 21.6. The van der Waals surface area contributed by atoms with E-state index in [2.05, 4.69) is 15.1 Å². The van der Waals surface area contributed by atoms with Crippen molar-refractivity contribution in [1.82, 2.24) is 14.8 Å². The fourth-order valence-corrected chi connectivity index (χ4v) is 6.01. The van der Waals surface area contributed by atoms with Crippen molar-refractivity contribution in [3.8, 4) is 5.69 Å². The van der Waals surface area contributed by atoms with Crippen LogP contribution in [-0.4, -0.2) is 56.8 Å². The third-order valence-corrected chi connectivity index (χ3v) is 7.83. The molecule has 0 amide bonds. The molecule has 30 heavy (non-hydrogen) atoms. The van der Waals surface area contributed by atoms with Crippen LogP contribution in [0.25, 0.3) is 5.69 Å². The largest absolute Gasteiger partial charge is 0.378 e. The second kappa shape index (κ2) is 10.2. The standard InChI is InChI=1S/C20H20Cl2N4O2S2/c21-15-6-7-17(22)18(14-15)30(27)13-12-29-20-24-23-19(25-8-10-28-11-9-25)26(20)16-4-2-1-3-5-16/h1-7,14H,8-13H2/t30-/m0/s1. The number of hydrogen-bond acceptors (Lipinski definition) is 6. The minimum Gasteiger partial charge on any atom is -0.378 e. The number of rotatable bonds is 7. The zero-order valence-electron chi connectivity index (χ0n) is 16.0. The number of nitrogens with zero attached hydrogens (tertiary/aromatic N) is 4. The summed E-state index contributed by atoms with van der Waals surface area (Å²) in [6.45, 7) is 2.88. The van der Waals surface area contributed by atoms with E-state index in [1.165, 1.54) is 11.8 Å². The number of halogens is 2. The van der Waals surface area contributed by atoms with Gasteiger partial charge >= 0.3 is 0 Å². The van der Waals surface area contributed by atoms with Gasteiger partial charge in [-0.2, -0.15) is 0 Å². The van der Waals surface area contributed by atoms with E-state index in [-0.39, 0.29) is 0 Å². The minimum atomic E-state index is -1.25. The molecule has 0 saturated carbocycles. The molecule has 1 fully saturated rings.